The van der Waals surface area contributed by atoms with E-state index in [9.17, 15) is 14.0 Å². The molecule has 1 aromatic carbocycles. The largest absolute Gasteiger partial charge is 0.340 e. The van der Waals surface area contributed by atoms with E-state index in [4.69, 9.17) is 0 Å². The smallest absolute Gasteiger partial charge is 0.232 e. The Hall–Kier alpha value is -2.86. The van der Waals surface area contributed by atoms with Crippen LogP contribution in [-0.4, -0.2) is 35.6 Å². The van der Waals surface area contributed by atoms with Crippen molar-refractivity contribution in [3.05, 3.63) is 72.1 Å². The van der Waals surface area contributed by atoms with E-state index in [0.29, 0.717) is 6.42 Å². The predicted molar refractivity (Wildman–Crippen MR) is 104 cm³/mol. The number of rotatable bonds is 4. The summed E-state index contributed by atoms with van der Waals surface area (Å²) in [7, 11) is 0. The normalized spacial score (nSPS) is 29.9. The molecule has 2 N–H and O–H groups in total. The Morgan fingerprint density at radius 2 is 2.00 bits per heavy atom. The number of aromatic nitrogens is 1. The molecule has 3 heterocycles. The van der Waals surface area contributed by atoms with Crippen molar-refractivity contribution in [3.8, 4) is 0 Å². The molecular formula is C22H22FN3O2. The Morgan fingerprint density at radius 3 is 2.75 bits per heavy atom. The van der Waals surface area contributed by atoms with Crippen LogP contribution in [0.5, 0.6) is 0 Å². The van der Waals surface area contributed by atoms with E-state index in [1.54, 1.807) is 24.5 Å². The predicted octanol–water partition coefficient (Wildman–Crippen LogP) is 2.47. The molecule has 2 aromatic rings. The van der Waals surface area contributed by atoms with Gasteiger partial charge in [-0.05, 0) is 35.8 Å². The zero-order valence-electron chi connectivity index (χ0n) is 15.3. The molecule has 2 fully saturated rings. The molecule has 4 rings (SSSR count). The quantitative estimate of drug-likeness (QED) is 0.632. The summed E-state index contributed by atoms with van der Waals surface area (Å²) in [5, 5.41) is 5.96. The SMILES string of the molecule is O=C(/C=C/c1cccnc1)C1C(=O)NC2NCC(F)CC2C1c1ccccc1. The molecule has 1 amide bonds. The average Bonchev–Trinajstić information content (AvgIpc) is 2.73. The molecule has 144 valence electrons. The molecule has 5 unspecified atom stereocenters. The fourth-order valence-corrected chi connectivity index (χ4v) is 4.26. The van der Waals surface area contributed by atoms with Crippen LogP contribution in [0.15, 0.2) is 60.9 Å². The van der Waals surface area contributed by atoms with Gasteiger partial charge in [-0.3, -0.25) is 19.9 Å². The molecule has 2 aliphatic heterocycles. The van der Waals surface area contributed by atoms with E-state index in [1.807, 2.05) is 36.4 Å². The van der Waals surface area contributed by atoms with Gasteiger partial charge in [0.05, 0.1) is 6.17 Å². The minimum Gasteiger partial charge on any atom is -0.340 e. The number of ketones is 1. The van der Waals surface area contributed by atoms with Gasteiger partial charge in [0.25, 0.3) is 0 Å². The Kier molecular flexibility index (Phi) is 5.30. The van der Waals surface area contributed by atoms with Gasteiger partial charge in [0.1, 0.15) is 12.1 Å². The molecule has 0 radical (unpaired) electrons. The number of allylic oxidation sites excluding steroid dienone is 1. The number of nitrogens with one attached hydrogen (secondary N) is 2. The lowest BCUT2D eigenvalue weighted by Gasteiger charge is -2.46. The zero-order valence-corrected chi connectivity index (χ0v) is 15.3. The summed E-state index contributed by atoms with van der Waals surface area (Å²) in [6.45, 7) is 0.211. The number of carbonyl (C=O) groups is 2. The first kappa shape index (κ1) is 18.5. The van der Waals surface area contributed by atoms with Gasteiger partial charge in [0, 0.05) is 30.8 Å². The van der Waals surface area contributed by atoms with Crippen LogP contribution >= 0.6 is 0 Å². The van der Waals surface area contributed by atoms with Crippen molar-refractivity contribution in [1.82, 2.24) is 15.6 Å². The third-order valence-electron chi connectivity index (χ3n) is 5.53. The lowest BCUT2D eigenvalue weighted by molar-refractivity contribution is -0.138. The number of benzene rings is 1. The summed E-state index contributed by atoms with van der Waals surface area (Å²) in [6, 6.07) is 13.1. The average molecular weight is 379 g/mol. The fourth-order valence-electron chi connectivity index (χ4n) is 4.26. The van der Waals surface area contributed by atoms with Crippen LogP contribution in [0.4, 0.5) is 4.39 Å². The summed E-state index contributed by atoms with van der Waals surface area (Å²) in [5.74, 6) is -2.05. The lowest BCUT2D eigenvalue weighted by atomic mass is 9.68. The maximum Gasteiger partial charge on any atom is 0.232 e. The van der Waals surface area contributed by atoms with Crippen LogP contribution in [-0.2, 0) is 9.59 Å². The topological polar surface area (TPSA) is 71.1 Å². The third kappa shape index (κ3) is 3.73. The van der Waals surface area contributed by atoms with E-state index in [2.05, 4.69) is 15.6 Å². The number of nitrogens with zero attached hydrogens (tertiary/aromatic N) is 1. The lowest BCUT2D eigenvalue weighted by Crippen LogP contribution is -2.64. The highest BCUT2D eigenvalue weighted by atomic mass is 19.1. The van der Waals surface area contributed by atoms with E-state index >= 15 is 0 Å². The standard InChI is InChI=1S/C22H22FN3O2/c23-16-11-17-19(15-6-2-1-3-7-15)20(22(28)26-21(17)25-13-16)18(27)9-8-14-5-4-10-24-12-14/h1-10,12,16-17,19-21,25H,11,13H2,(H,26,28)/b9-8+. The first-order valence-electron chi connectivity index (χ1n) is 9.48. The summed E-state index contributed by atoms with van der Waals surface area (Å²) in [5.41, 5.74) is 1.67. The fraction of sp³-hybridized carbons (Fsp3) is 0.318. The number of hydrogen-bond donors (Lipinski definition) is 2. The van der Waals surface area contributed by atoms with Crippen LogP contribution in [0.1, 0.15) is 23.5 Å². The van der Waals surface area contributed by atoms with E-state index in [0.717, 1.165) is 11.1 Å². The molecule has 28 heavy (non-hydrogen) atoms. The van der Waals surface area contributed by atoms with Gasteiger partial charge in [0.15, 0.2) is 5.78 Å². The van der Waals surface area contributed by atoms with Crippen LogP contribution in [0.3, 0.4) is 0 Å². The first-order valence-corrected chi connectivity index (χ1v) is 9.48. The van der Waals surface area contributed by atoms with Gasteiger partial charge in [-0.2, -0.15) is 0 Å². The zero-order chi connectivity index (χ0) is 19.5. The maximum absolute atomic E-state index is 14.2. The van der Waals surface area contributed by atoms with E-state index in [-0.39, 0.29) is 36.2 Å². The van der Waals surface area contributed by atoms with Gasteiger partial charge in [-0.1, -0.05) is 36.4 Å². The number of fused-ring (bicyclic) bond motifs is 1. The monoisotopic (exact) mass is 379 g/mol. The second kappa shape index (κ2) is 8.02. The van der Waals surface area contributed by atoms with Crippen molar-refractivity contribution >= 4 is 17.8 Å². The summed E-state index contributed by atoms with van der Waals surface area (Å²) in [6.07, 6.45) is 5.39. The van der Waals surface area contributed by atoms with Gasteiger partial charge in [-0.15, -0.1) is 0 Å². The number of amides is 1. The highest BCUT2D eigenvalue weighted by Crippen LogP contribution is 2.42. The second-order valence-electron chi connectivity index (χ2n) is 7.33. The Bertz CT molecular complexity index is 872. The molecule has 0 bridgehead atoms. The molecule has 2 saturated heterocycles. The number of hydrogen-bond acceptors (Lipinski definition) is 4. The van der Waals surface area contributed by atoms with Crippen molar-refractivity contribution in [2.24, 2.45) is 11.8 Å². The van der Waals surface area contributed by atoms with Gasteiger partial charge < -0.3 is 5.32 Å². The highest BCUT2D eigenvalue weighted by Gasteiger charge is 2.49. The Morgan fingerprint density at radius 1 is 1.18 bits per heavy atom. The third-order valence-corrected chi connectivity index (χ3v) is 5.53. The van der Waals surface area contributed by atoms with Crippen molar-refractivity contribution in [2.45, 2.75) is 24.7 Å². The summed E-state index contributed by atoms with van der Waals surface area (Å²) in [4.78, 5) is 29.9. The minimum absolute atomic E-state index is 0.190. The molecule has 2 aliphatic rings. The molecule has 1 aromatic heterocycles. The summed E-state index contributed by atoms with van der Waals surface area (Å²) < 4.78 is 14.2. The number of alkyl halides is 1. The van der Waals surface area contributed by atoms with Crippen molar-refractivity contribution in [1.29, 1.82) is 0 Å². The van der Waals surface area contributed by atoms with Gasteiger partial charge in [0.2, 0.25) is 5.91 Å². The molecule has 5 atom stereocenters. The minimum atomic E-state index is -0.996. The summed E-state index contributed by atoms with van der Waals surface area (Å²) >= 11 is 0. The molecule has 6 heteroatoms. The molecule has 5 nitrogen and oxygen atoms in total. The first-order chi connectivity index (χ1) is 13.6. The van der Waals surface area contributed by atoms with Gasteiger partial charge >= 0.3 is 0 Å². The number of pyridine rings is 1. The van der Waals surface area contributed by atoms with Crippen LogP contribution in [0.25, 0.3) is 6.08 Å². The van der Waals surface area contributed by atoms with E-state index in [1.165, 1.54) is 6.08 Å². The molecule has 0 spiro atoms. The Balaban J connectivity index is 1.67. The van der Waals surface area contributed by atoms with E-state index < -0.39 is 12.1 Å². The Labute approximate surface area is 163 Å². The van der Waals surface area contributed by atoms with Gasteiger partial charge in [-0.25, -0.2) is 4.39 Å². The van der Waals surface area contributed by atoms with Crippen LogP contribution in [0.2, 0.25) is 0 Å². The van der Waals surface area contributed by atoms with Crippen molar-refractivity contribution in [2.75, 3.05) is 6.54 Å². The maximum atomic E-state index is 14.2. The van der Waals surface area contributed by atoms with Crippen molar-refractivity contribution in [3.63, 3.8) is 0 Å². The molecule has 0 saturated carbocycles. The second-order valence-corrected chi connectivity index (χ2v) is 7.33. The van der Waals surface area contributed by atoms with Crippen LogP contribution < -0.4 is 10.6 Å². The van der Waals surface area contributed by atoms with Crippen molar-refractivity contribution < 1.29 is 14.0 Å². The highest BCUT2D eigenvalue weighted by molar-refractivity contribution is 6.09. The number of halogens is 1. The molecular weight excluding hydrogens is 357 g/mol. The van der Waals surface area contributed by atoms with Crippen LogP contribution in [0, 0.1) is 11.8 Å². The number of piperidine rings is 2. The molecule has 0 aliphatic carbocycles. The number of carbonyl (C=O) groups excluding carboxylic acids is 2.